The third-order valence-electron chi connectivity index (χ3n) is 4.98. The van der Waals surface area contributed by atoms with E-state index < -0.39 is 5.60 Å². The van der Waals surface area contributed by atoms with E-state index in [2.05, 4.69) is 6.92 Å². The minimum absolute atomic E-state index is 0.0945. The number of Topliss-reactive ketones (excluding diaryl/α,β-unsaturated/α-hetero) is 1. The zero-order valence-electron chi connectivity index (χ0n) is 13.0. The van der Waals surface area contributed by atoms with Gasteiger partial charge in [-0.3, -0.25) is 9.59 Å². The molecule has 1 aliphatic rings. The van der Waals surface area contributed by atoms with Crippen molar-refractivity contribution in [2.24, 2.45) is 5.41 Å². The van der Waals surface area contributed by atoms with Gasteiger partial charge in [-0.15, -0.1) is 0 Å². The van der Waals surface area contributed by atoms with Gasteiger partial charge in [0, 0.05) is 17.7 Å². The molecule has 21 heavy (non-hydrogen) atoms. The van der Waals surface area contributed by atoms with E-state index in [4.69, 9.17) is 0 Å². The molecule has 116 valence electrons. The van der Waals surface area contributed by atoms with Crippen LogP contribution in [0.4, 0.5) is 0 Å². The Bertz CT molecular complexity index is 553. The van der Waals surface area contributed by atoms with Crippen LogP contribution in [0.3, 0.4) is 0 Å². The van der Waals surface area contributed by atoms with E-state index in [9.17, 15) is 14.7 Å². The number of nitrogens with zero attached hydrogens (tertiary/aromatic N) is 1. The monoisotopic (exact) mass is 291 g/mol. The molecule has 1 heterocycles. The Morgan fingerprint density at radius 2 is 1.95 bits per heavy atom. The van der Waals surface area contributed by atoms with Gasteiger partial charge in [0.05, 0.1) is 12.1 Å². The van der Waals surface area contributed by atoms with Crippen molar-refractivity contribution in [3.05, 3.63) is 34.7 Å². The molecule has 0 unspecified atom stereocenters. The second kappa shape index (κ2) is 6.14. The zero-order valence-corrected chi connectivity index (χ0v) is 13.0. The fraction of sp³-hybridized carbons (Fsp3) is 0.647. The fourth-order valence-corrected chi connectivity index (χ4v) is 3.52. The van der Waals surface area contributed by atoms with Crippen molar-refractivity contribution in [1.82, 2.24) is 4.57 Å². The van der Waals surface area contributed by atoms with Crippen molar-refractivity contribution in [3.8, 4) is 0 Å². The highest BCUT2D eigenvalue weighted by molar-refractivity contribution is 5.82. The summed E-state index contributed by atoms with van der Waals surface area (Å²) in [5.74, 6) is 0.239. The van der Waals surface area contributed by atoms with E-state index in [1.807, 2.05) is 0 Å². The van der Waals surface area contributed by atoms with Gasteiger partial charge in [-0.05, 0) is 45.1 Å². The van der Waals surface area contributed by atoms with Gasteiger partial charge in [0.2, 0.25) is 0 Å². The maximum Gasteiger partial charge on any atom is 0.250 e. The molecule has 0 bridgehead atoms. The van der Waals surface area contributed by atoms with Gasteiger partial charge in [0.15, 0.2) is 0 Å². The molecule has 1 fully saturated rings. The lowest BCUT2D eigenvalue weighted by Crippen LogP contribution is -2.45. The Kier molecular flexibility index (Phi) is 4.67. The summed E-state index contributed by atoms with van der Waals surface area (Å²) in [5, 5.41) is 10.8. The topological polar surface area (TPSA) is 59.3 Å². The molecule has 1 saturated carbocycles. The van der Waals surface area contributed by atoms with Gasteiger partial charge in [-0.25, -0.2) is 0 Å². The maximum atomic E-state index is 12.0. The van der Waals surface area contributed by atoms with Crippen molar-refractivity contribution in [3.63, 3.8) is 0 Å². The molecule has 2 rings (SSSR count). The highest BCUT2D eigenvalue weighted by Gasteiger charge is 2.44. The van der Waals surface area contributed by atoms with E-state index in [-0.39, 0.29) is 16.8 Å². The van der Waals surface area contributed by atoms with Crippen LogP contribution in [0.2, 0.25) is 0 Å². The molecule has 0 radical (unpaired) electrons. The molecule has 1 aliphatic carbocycles. The average Bonchev–Trinajstić information content (AvgIpc) is 2.44. The third-order valence-corrected chi connectivity index (χ3v) is 4.98. The van der Waals surface area contributed by atoms with E-state index in [1.54, 1.807) is 29.8 Å². The first-order chi connectivity index (χ1) is 9.91. The smallest absolute Gasteiger partial charge is 0.250 e. The molecule has 0 aliphatic heterocycles. The number of carbonyl (C=O) groups excluding carboxylic acids is 1. The van der Waals surface area contributed by atoms with Gasteiger partial charge in [0.1, 0.15) is 5.78 Å². The van der Waals surface area contributed by atoms with Crippen LogP contribution in [0, 0.1) is 5.41 Å². The first-order valence-corrected chi connectivity index (χ1v) is 7.80. The minimum Gasteiger partial charge on any atom is -0.388 e. The number of carbonyl (C=O) groups is 1. The zero-order chi connectivity index (χ0) is 15.5. The summed E-state index contributed by atoms with van der Waals surface area (Å²) < 4.78 is 1.56. The van der Waals surface area contributed by atoms with Crippen LogP contribution < -0.4 is 5.56 Å². The minimum atomic E-state index is -0.877. The van der Waals surface area contributed by atoms with E-state index in [1.165, 1.54) is 6.07 Å². The summed E-state index contributed by atoms with van der Waals surface area (Å²) in [6.45, 7) is 4.07. The number of ketones is 1. The molecular formula is C17H25NO3. The number of hydrogen-bond donors (Lipinski definition) is 1. The van der Waals surface area contributed by atoms with Crippen molar-refractivity contribution in [2.45, 2.75) is 64.5 Å². The Morgan fingerprint density at radius 1 is 1.29 bits per heavy atom. The number of hydrogen-bond acceptors (Lipinski definition) is 3. The number of pyridine rings is 1. The molecule has 0 amide bonds. The predicted octanol–water partition coefficient (Wildman–Crippen LogP) is 2.53. The first kappa shape index (κ1) is 16.0. The lowest BCUT2D eigenvalue weighted by molar-refractivity contribution is -0.133. The molecule has 1 aromatic rings. The SMILES string of the molecule is CCCC1(C(C)=O)CCC(O)(Cn2ccccc2=O)CC1. The number of aliphatic hydroxyl groups is 1. The summed E-state index contributed by atoms with van der Waals surface area (Å²) in [5.41, 5.74) is -1.23. The van der Waals surface area contributed by atoms with E-state index in [0.29, 0.717) is 32.2 Å². The molecule has 0 aromatic carbocycles. The number of aromatic nitrogens is 1. The van der Waals surface area contributed by atoms with Crippen LogP contribution in [-0.4, -0.2) is 21.1 Å². The molecule has 4 heteroatoms. The highest BCUT2D eigenvalue weighted by atomic mass is 16.3. The molecule has 4 nitrogen and oxygen atoms in total. The molecule has 1 aromatic heterocycles. The largest absolute Gasteiger partial charge is 0.388 e. The van der Waals surface area contributed by atoms with Crippen LogP contribution in [0.25, 0.3) is 0 Å². The molecular weight excluding hydrogens is 266 g/mol. The Morgan fingerprint density at radius 3 is 2.48 bits per heavy atom. The first-order valence-electron chi connectivity index (χ1n) is 7.80. The lowest BCUT2D eigenvalue weighted by atomic mass is 9.64. The Labute approximate surface area is 125 Å². The Hall–Kier alpha value is -1.42. The second-order valence-electron chi connectivity index (χ2n) is 6.48. The van der Waals surface area contributed by atoms with Crippen LogP contribution in [-0.2, 0) is 11.3 Å². The summed E-state index contributed by atoms with van der Waals surface area (Å²) in [6, 6.07) is 5.00. The normalized spacial score (nSPS) is 29.3. The van der Waals surface area contributed by atoms with Gasteiger partial charge in [0.25, 0.3) is 5.56 Å². The predicted molar refractivity (Wildman–Crippen MR) is 82.1 cm³/mol. The fourth-order valence-electron chi connectivity index (χ4n) is 3.52. The average molecular weight is 291 g/mol. The lowest BCUT2D eigenvalue weighted by Gasteiger charge is -2.43. The van der Waals surface area contributed by atoms with Gasteiger partial charge < -0.3 is 9.67 Å². The summed E-state index contributed by atoms with van der Waals surface area (Å²) >= 11 is 0. The molecule has 0 spiro atoms. The van der Waals surface area contributed by atoms with Crippen molar-refractivity contribution in [1.29, 1.82) is 0 Å². The molecule has 0 saturated heterocycles. The van der Waals surface area contributed by atoms with E-state index >= 15 is 0 Å². The van der Waals surface area contributed by atoms with Crippen LogP contribution >= 0.6 is 0 Å². The number of rotatable bonds is 5. The van der Waals surface area contributed by atoms with Crippen LogP contribution in [0.15, 0.2) is 29.2 Å². The summed E-state index contributed by atoms with van der Waals surface area (Å²) in [6.07, 6.45) is 6.17. The van der Waals surface area contributed by atoms with Crippen molar-refractivity contribution < 1.29 is 9.90 Å². The second-order valence-corrected chi connectivity index (χ2v) is 6.48. The van der Waals surface area contributed by atoms with Crippen LogP contribution in [0.1, 0.15) is 52.4 Å². The van der Waals surface area contributed by atoms with Gasteiger partial charge in [-0.2, -0.15) is 0 Å². The quantitative estimate of drug-likeness (QED) is 0.907. The highest BCUT2D eigenvalue weighted by Crippen LogP contribution is 2.45. The summed E-state index contributed by atoms with van der Waals surface area (Å²) in [4.78, 5) is 23.8. The van der Waals surface area contributed by atoms with Gasteiger partial charge in [-0.1, -0.05) is 19.4 Å². The third kappa shape index (κ3) is 3.43. The van der Waals surface area contributed by atoms with E-state index in [0.717, 1.165) is 12.8 Å². The van der Waals surface area contributed by atoms with Crippen molar-refractivity contribution >= 4 is 5.78 Å². The molecule has 0 atom stereocenters. The summed E-state index contributed by atoms with van der Waals surface area (Å²) in [7, 11) is 0. The Balaban J connectivity index is 2.10. The van der Waals surface area contributed by atoms with Crippen molar-refractivity contribution in [2.75, 3.05) is 0 Å². The maximum absolute atomic E-state index is 12.0. The van der Waals surface area contributed by atoms with Crippen LogP contribution in [0.5, 0.6) is 0 Å². The molecule has 1 N–H and O–H groups in total. The van der Waals surface area contributed by atoms with Gasteiger partial charge >= 0.3 is 0 Å². The standard InChI is InChI=1S/C17H25NO3/c1-3-7-16(14(2)19)8-10-17(21,11-9-16)13-18-12-5-4-6-15(18)20/h4-6,12,21H,3,7-11,13H2,1-2H3.